The molecule has 0 aromatic rings. The van der Waals surface area contributed by atoms with Gasteiger partial charge >= 0.3 is 0 Å². The van der Waals surface area contributed by atoms with Crippen LogP contribution in [0.3, 0.4) is 0 Å². The molecule has 4 fully saturated rings. The predicted molar refractivity (Wildman–Crippen MR) is 121 cm³/mol. The molecule has 5 rings (SSSR count). The van der Waals surface area contributed by atoms with Gasteiger partial charge in [-0.3, -0.25) is 19.4 Å². The molecule has 0 amide bonds. The molecule has 4 heteroatoms. The van der Waals surface area contributed by atoms with Gasteiger partial charge in [-0.1, -0.05) is 27.7 Å². The van der Waals surface area contributed by atoms with Crippen molar-refractivity contribution < 1.29 is 14.4 Å². The van der Waals surface area contributed by atoms with E-state index in [-0.39, 0.29) is 34.2 Å². The third kappa shape index (κ3) is 3.14. The summed E-state index contributed by atoms with van der Waals surface area (Å²) in [5.74, 6) is 3.35. The Morgan fingerprint density at radius 2 is 1.74 bits per heavy atom. The van der Waals surface area contributed by atoms with Crippen LogP contribution >= 0.6 is 0 Å². The van der Waals surface area contributed by atoms with Gasteiger partial charge in [-0.25, -0.2) is 0 Å². The first-order valence-corrected chi connectivity index (χ1v) is 12.8. The minimum Gasteiger partial charge on any atom is -0.300 e. The van der Waals surface area contributed by atoms with E-state index in [9.17, 15) is 14.4 Å². The molecular weight excluding hydrogens is 386 g/mol. The standard InChI is InChI=1S/C27H39NO3/c1-15-11-23(28-14-15)25(31)16(2)19-5-6-20-18-13-24(30)22-12-17(29)7-9-27(22,4)21(18)8-10-26(19,20)3/h15-16,18-22H,5-14H2,1-4H3. The summed E-state index contributed by atoms with van der Waals surface area (Å²) in [6.45, 7) is 9.87. The van der Waals surface area contributed by atoms with Crippen LogP contribution in [0.5, 0.6) is 0 Å². The molecule has 0 spiro atoms. The van der Waals surface area contributed by atoms with E-state index in [0.717, 1.165) is 50.8 Å². The molecule has 4 nitrogen and oxygen atoms in total. The molecule has 9 atom stereocenters. The SMILES string of the molecule is CC1CN=C(C(=O)C(C)C2CCC3C4CC(=O)C5CC(=O)CCC5(C)C4CCC23C)C1. The molecule has 1 aliphatic heterocycles. The van der Waals surface area contributed by atoms with Crippen molar-refractivity contribution in [1.82, 2.24) is 0 Å². The van der Waals surface area contributed by atoms with Crippen LogP contribution in [0, 0.1) is 52.3 Å². The second kappa shape index (κ2) is 7.35. The number of aliphatic imine (C=N–C) groups is 1. The van der Waals surface area contributed by atoms with E-state index in [2.05, 4.69) is 32.7 Å². The average Bonchev–Trinajstić information content (AvgIpc) is 3.31. The average molecular weight is 426 g/mol. The molecule has 0 aromatic carbocycles. The van der Waals surface area contributed by atoms with Crippen LogP contribution in [0.4, 0.5) is 0 Å². The summed E-state index contributed by atoms with van der Waals surface area (Å²) in [4.78, 5) is 43.2. The van der Waals surface area contributed by atoms with Crippen molar-refractivity contribution >= 4 is 23.1 Å². The smallest absolute Gasteiger partial charge is 0.179 e. The van der Waals surface area contributed by atoms with E-state index >= 15 is 0 Å². The number of hydrogen-bond donors (Lipinski definition) is 0. The quantitative estimate of drug-likeness (QED) is 0.633. The van der Waals surface area contributed by atoms with Gasteiger partial charge in [0.2, 0.25) is 0 Å². The molecule has 0 bridgehead atoms. The minimum atomic E-state index is -0.0422. The number of nitrogens with zero attached hydrogens (tertiary/aromatic N) is 1. The number of carbonyl (C=O) groups is 3. The Kier molecular flexibility index (Phi) is 5.10. The van der Waals surface area contributed by atoms with Gasteiger partial charge in [0, 0.05) is 37.6 Å². The lowest BCUT2D eigenvalue weighted by molar-refractivity contribution is -0.159. The maximum Gasteiger partial charge on any atom is 0.179 e. The highest BCUT2D eigenvalue weighted by molar-refractivity contribution is 6.41. The van der Waals surface area contributed by atoms with Gasteiger partial charge in [0.15, 0.2) is 5.78 Å². The fourth-order valence-electron chi connectivity index (χ4n) is 9.05. The second-order valence-corrected chi connectivity index (χ2v) is 12.3. The molecule has 0 aromatic heterocycles. The zero-order valence-corrected chi connectivity index (χ0v) is 19.8. The van der Waals surface area contributed by atoms with E-state index < -0.39 is 0 Å². The molecule has 31 heavy (non-hydrogen) atoms. The predicted octanol–water partition coefficient (Wildman–Crippen LogP) is 5.08. The van der Waals surface area contributed by atoms with Crippen LogP contribution in [0.2, 0.25) is 0 Å². The number of Topliss-reactive ketones (excluding diaryl/α,β-unsaturated/α-hetero) is 3. The molecule has 5 aliphatic rings. The highest BCUT2D eigenvalue weighted by Gasteiger charge is 2.63. The third-order valence-electron chi connectivity index (χ3n) is 10.8. The summed E-state index contributed by atoms with van der Waals surface area (Å²) in [6, 6.07) is 0. The summed E-state index contributed by atoms with van der Waals surface area (Å²) in [7, 11) is 0. The Balaban J connectivity index is 1.38. The molecule has 0 radical (unpaired) electrons. The van der Waals surface area contributed by atoms with Crippen LogP contribution in [0.15, 0.2) is 4.99 Å². The fourth-order valence-corrected chi connectivity index (χ4v) is 9.05. The lowest BCUT2D eigenvalue weighted by atomic mass is 9.44. The molecule has 1 heterocycles. The molecule has 9 unspecified atom stereocenters. The van der Waals surface area contributed by atoms with E-state index in [1.54, 1.807) is 0 Å². The zero-order valence-electron chi connectivity index (χ0n) is 19.8. The summed E-state index contributed by atoms with van der Waals surface area (Å²) < 4.78 is 0. The summed E-state index contributed by atoms with van der Waals surface area (Å²) in [6.07, 6.45) is 8.10. The van der Waals surface area contributed by atoms with E-state index in [4.69, 9.17) is 0 Å². The van der Waals surface area contributed by atoms with Crippen molar-refractivity contribution in [2.75, 3.05) is 6.54 Å². The lowest BCUT2D eigenvalue weighted by Gasteiger charge is -2.59. The van der Waals surface area contributed by atoms with Crippen LogP contribution in [0.1, 0.15) is 85.5 Å². The van der Waals surface area contributed by atoms with Crippen molar-refractivity contribution in [1.29, 1.82) is 0 Å². The first-order chi connectivity index (χ1) is 14.6. The van der Waals surface area contributed by atoms with Gasteiger partial charge in [-0.2, -0.15) is 0 Å². The highest BCUT2D eigenvalue weighted by Crippen LogP contribution is 2.67. The molecule has 0 N–H and O–H groups in total. The Morgan fingerprint density at radius 1 is 1.00 bits per heavy atom. The zero-order chi connectivity index (χ0) is 22.1. The Labute approximate surface area is 187 Å². The molecule has 4 saturated carbocycles. The largest absolute Gasteiger partial charge is 0.300 e. The Hall–Kier alpha value is -1.32. The second-order valence-electron chi connectivity index (χ2n) is 12.3. The third-order valence-corrected chi connectivity index (χ3v) is 10.8. The van der Waals surface area contributed by atoms with Crippen molar-refractivity contribution in [3.05, 3.63) is 0 Å². The Morgan fingerprint density at radius 3 is 2.45 bits per heavy atom. The van der Waals surface area contributed by atoms with Gasteiger partial charge in [0.05, 0.1) is 5.71 Å². The first-order valence-electron chi connectivity index (χ1n) is 12.8. The number of fused-ring (bicyclic) bond motifs is 5. The van der Waals surface area contributed by atoms with Crippen LogP contribution < -0.4 is 0 Å². The van der Waals surface area contributed by atoms with Crippen LogP contribution in [-0.2, 0) is 14.4 Å². The highest BCUT2D eigenvalue weighted by atomic mass is 16.1. The van der Waals surface area contributed by atoms with Crippen LogP contribution in [0.25, 0.3) is 0 Å². The maximum absolute atomic E-state index is 13.3. The van der Waals surface area contributed by atoms with E-state index in [0.29, 0.717) is 54.6 Å². The van der Waals surface area contributed by atoms with Gasteiger partial charge in [-0.05, 0) is 78.9 Å². The monoisotopic (exact) mass is 425 g/mol. The van der Waals surface area contributed by atoms with E-state index in [1.807, 2.05) is 0 Å². The van der Waals surface area contributed by atoms with Crippen molar-refractivity contribution in [3.63, 3.8) is 0 Å². The van der Waals surface area contributed by atoms with Gasteiger partial charge in [-0.15, -0.1) is 0 Å². The lowest BCUT2D eigenvalue weighted by Crippen LogP contribution is -2.57. The van der Waals surface area contributed by atoms with Gasteiger partial charge in [0.1, 0.15) is 11.6 Å². The molecule has 4 aliphatic carbocycles. The normalized spacial score (nSPS) is 47.9. The number of carbonyl (C=O) groups excluding carboxylic acids is 3. The van der Waals surface area contributed by atoms with Crippen molar-refractivity contribution in [2.45, 2.75) is 85.5 Å². The Bertz CT molecular complexity index is 845. The number of rotatable bonds is 3. The van der Waals surface area contributed by atoms with Gasteiger partial charge < -0.3 is 0 Å². The van der Waals surface area contributed by atoms with Crippen molar-refractivity contribution in [2.24, 2.45) is 57.2 Å². The topological polar surface area (TPSA) is 63.6 Å². The summed E-state index contributed by atoms with van der Waals surface area (Å²) in [5.41, 5.74) is 0.981. The molecule has 0 saturated heterocycles. The number of hydrogen-bond acceptors (Lipinski definition) is 4. The van der Waals surface area contributed by atoms with Crippen LogP contribution in [-0.4, -0.2) is 29.6 Å². The maximum atomic E-state index is 13.3. The van der Waals surface area contributed by atoms with Gasteiger partial charge in [0.25, 0.3) is 0 Å². The minimum absolute atomic E-state index is 0.00345. The summed E-state index contributed by atoms with van der Waals surface area (Å²) in [5, 5.41) is 0. The molecule has 170 valence electrons. The fraction of sp³-hybridized carbons (Fsp3) is 0.852. The molecular formula is C27H39NO3. The summed E-state index contributed by atoms with van der Waals surface area (Å²) >= 11 is 0. The van der Waals surface area contributed by atoms with Crippen molar-refractivity contribution in [3.8, 4) is 0 Å². The number of ketones is 3. The van der Waals surface area contributed by atoms with E-state index in [1.165, 1.54) is 0 Å². The first kappa shape index (κ1) is 21.5.